The molecule has 3 rings (SSSR count). The van der Waals surface area contributed by atoms with Crippen molar-refractivity contribution in [1.82, 2.24) is 5.43 Å². The summed E-state index contributed by atoms with van der Waals surface area (Å²) < 4.78 is 10.4. The van der Waals surface area contributed by atoms with E-state index in [-0.39, 0.29) is 12.8 Å². The van der Waals surface area contributed by atoms with E-state index >= 15 is 0 Å². The van der Waals surface area contributed by atoms with Gasteiger partial charge in [-0.1, -0.05) is 60.7 Å². The number of esters is 2. The number of nitrogens with one attached hydrogen (secondary N) is 1. The third-order valence-electron chi connectivity index (χ3n) is 5.75. The summed E-state index contributed by atoms with van der Waals surface area (Å²) in [7, 11) is 2.52. The number of ether oxygens (including phenoxy) is 2. The maximum Gasteiger partial charge on any atom is 0.332 e. The lowest BCUT2D eigenvalue weighted by molar-refractivity contribution is -0.174. The van der Waals surface area contributed by atoms with E-state index in [1.807, 2.05) is 60.7 Å². The van der Waals surface area contributed by atoms with E-state index in [4.69, 9.17) is 15.2 Å². The molecule has 8 nitrogen and oxygen atoms in total. The normalized spacial score (nSPS) is 19.7. The van der Waals surface area contributed by atoms with E-state index in [0.29, 0.717) is 5.71 Å². The van der Waals surface area contributed by atoms with Gasteiger partial charge in [0.1, 0.15) is 0 Å². The molecule has 8 heteroatoms. The van der Waals surface area contributed by atoms with Crippen LogP contribution in [0.15, 0.2) is 65.8 Å². The van der Waals surface area contributed by atoms with Crippen LogP contribution in [0.4, 0.5) is 4.79 Å². The summed E-state index contributed by atoms with van der Waals surface area (Å²) in [6.07, 6.45) is 0.468. The lowest BCUT2D eigenvalue weighted by atomic mass is 9.55. The van der Waals surface area contributed by atoms with Gasteiger partial charge in [0.25, 0.3) is 0 Å². The Morgan fingerprint density at radius 2 is 1.29 bits per heavy atom. The molecule has 1 saturated carbocycles. The predicted octanol–water partition coefficient (Wildman–Crippen LogP) is 2.70. The fraction of sp³-hybridized carbons (Fsp3) is 0.304. The average molecular weight is 423 g/mol. The summed E-state index contributed by atoms with van der Waals surface area (Å²) in [6, 6.07) is 17.6. The highest BCUT2D eigenvalue weighted by molar-refractivity contribution is 6.06. The van der Waals surface area contributed by atoms with Gasteiger partial charge in [0.15, 0.2) is 5.41 Å². The molecule has 31 heavy (non-hydrogen) atoms. The van der Waals surface area contributed by atoms with E-state index in [0.717, 1.165) is 11.1 Å². The number of carbonyl (C=O) groups is 3. The molecule has 0 saturated heterocycles. The predicted molar refractivity (Wildman–Crippen MR) is 114 cm³/mol. The average Bonchev–Trinajstić information content (AvgIpc) is 2.82. The molecular formula is C23H25N3O5. The molecule has 3 N–H and O–H groups in total. The Balaban J connectivity index is 2.28. The SMILES string of the molecule is COC(=O)C1(C(=O)OC)C(c2ccccc2)CC(=NNC(N)=O)CC1c1ccccc1. The molecule has 0 spiro atoms. The van der Waals surface area contributed by atoms with Gasteiger partial charge in [-0.3, -0.25) is 9.59 Å². The van der Waals surface area contributed by atoms with Gasteiger partial charge in [0.05, 0.1) is 14.2 Å². The number of urea groups is 1. The van der Waals surface area contributed by atoms with Crippen LogP contribution in [0.5, 0.6) is 0 Å². The lowest BCUT2D eigenvalue weighted by Crippen LogP contribution is -2.54. The minimum absolute atomic E-state index is 0.234. The zero-order valence-electron chi connectivity index (χ0n) is 17.4. The Hall–Kier alpha value is -3.68. The van der Waals surface area contributed by atoms with Crippen molar-refractivity contribution >= 4 is 23.7 Å². The first kappa shape index (κ1) is 22.0. The number of primary amides is 1. The highest BCUT2D eigenvalue weighted by Crippen LogP contribution is 2.55. The van der Waals surface area contributed by atoms with Gasteiger partial charge >= 0.3 is 18.0 Å². The van der Waals surface area contributed by atoms with Crippen molar-refractivity contribution in [3.05, 3.63) is 71.8 Å². The Kier molecular flexibility index (Phi) is 6.69. The first-order valence-corrected chi connectivity index (χ1v) is 9.82. The minimum Gasteiger partial charge on any atom is -0.468 e. The van der Waals surface area contributed by atoms with Gasteiger partial charge in [0.2, 0.25) is 0 Å². The highest BCUT2D eigenvalue weighted by Gasteiger charge is 2.62. The molecule has 0 aliphatic heterocycles. The summed E-state index contributed by atoms with van der Waals surface area (Å²) in [4.78, 5) is 38.0. The molecule has 2 amide bonds. The van der Waals surface area contributed by atoms with Crippen molar-refractivity contribution in [2.24, 2.45) is 16.3 Å². The third-order valence-corrected chi connectivity index (χ3v) is 5.75. The van der Waals surface area contributed by atoms with Gasteiger partial charge in [-0.15, -0.1) is 0 Å². The number of rotatable bonds is 5. The summed E-state index contributed by atoms with van der Waals surface area (Å²) in [5, 5.41) is 4.16. The molecule has 0 radical (unpaired) electrons. The topological polar surface area (TPSA) is 120 Å². The van der Waals surface area contributed by atoms with Gasteiger partial charge in [-0.05, 0) is 24.0 Å². The number of benzene rings is 2. The van der Waals surface area contributed by atoms with Crippen molar-refractivity contribution in [2.75, 3.05) is 14.2 Å². The molecule has 2 unspecified atom stereocenters. The number of amides is 2. The van der Waals surface area contributed by atoms with Crippen molar-refractivity contribution in [2.45, 2.75) is 24.7 Å². The second-order valence-corrected chi connectivity index (χ2v) is 7.34. The fourth-order valence-electron chi connectivity index (χ4n) is 4.47. The van der Waals surface area contributed by atoms with Crippen LogP contribution < -0.4 is 11.2 Å². The lowest BCUT2D eigenvalue weighted by Gasteiger charge is -2.45. The van der Waals surface area contributed by atoms with Crippen molar-refractivity contribution in [3.8, 4) is 0 Å². The number of hydrazone groups is 1. The molecule has 1 aliphatic rings. The first-order chi connectivity index (χ1) is 14.9. The second-order valence-electron chi connectivity index (χ2n) is 7.34. The third kappa shape index (κ3) is 4.14. The Bertz CT molecular complexity index is 906. The summed E-state index contributed by atoms with van der Waals surface area (Å²) in [5.41, 5.74) is 7.93. The number of hydrogen-bond acceptors (Lipinski definition) is 6. The molecule has 0 heterocycles. The molecule has 2 aromatic rings. The van der Waals surface area contributed by atoms with Gasteiger partial charge in [-0.25, -0.2) is 10.2 Å². The van der Waals surface area contributed by atoms with Gasteiger partial charge in [-0.2, -0.15) is 5.10 Å². The Morgan fingerprint density at radius 3 is 1.65 bits per heavy atom. The molecule has 1 fully saturated rings. The number of hydrogen-bond donors (Lipinski definition) is 2. The van der Waals surface area contributed by atoms with Crippen LogP contribution in [-0.4, -0.2) is 37.9 Å². The van der Waals surface area contributed by atoms with E-state index in [9.17, 15) is 14.4 Å². The maximum atomic E-state index is 13.4. The summed E-state index contributed by atoms with van der Waals surface area (Å²) in [6.45, 7) is 0. The van der Waals surface area contributed by atoms with Crippen molar-refractivity contribution in [3.63, 3.8) is 0 Å². The number of methoxy groups -OCH3 is 2. The smallest absolute Gasteiger partial charge is 0.332 e. The summed E-state index contributed by atoms with van der Waals surface area (Å²) in [5.74, 6) is -2.63. The minimum atomic E-state index is -1.64. The monoisotopic (exact) mass is 423 g/mol. The van der Waals surface area contributed by atoms with Crippen molar-refractivity contribution < 1.29 is 23.9 Å². The van der Waals surface area contributed by atoms with Crippen LogP contribution in [-0.2, 0) is 19.1 Å². The van der Waals surface area contributed by atoms with Gasteiger partial charge < -0.3 is 15.2 Å². The largest absolute Gasteiger partial charge is 0.468 e. The van der Waals surface area contributed by atoms with E-state index in [2.05, 4.69) is 10.5 Å². The zero-order chi connectivity index (χ0) is 22.4. The molecule has 0 bridgehead atoms. The molecular weight excluding hydrogens is 398 g/mol. The second kappa shape index (κ2) is 9.42. The van der Waals surface area contributed by atoms with Crippen LogP contribution in [0.2, 0.25) is 0 Å². The number of nitrogens with zero attached hydrogens (tertiary/aromatic N) is 1. The van der Waals surface area contributed by atoms with E-state index < -0.39 is 35.2 Å². The van der Waals surface area contributed by atoms with E-state index in [1.165, 1.54) is 14.2 Å². The molecule has 1 aliphatic carbocycles. The number of nitrogens with two attached hydrogens (primary N) is 1. The molecule has 2 aromatic carbocycles. The van der Waals surface area contributed by atoms with Crippen molar-refractivity contribution in [1.29, 1.82) is 0 Å². The van der Waals surface area contributed by atoms with Crippen LogP contribution in [0.3, 0.4) is 0 Å². The Morgan fingerprint density at radius 1 is 0.871 bits per heavy atom. The van der Waals surface area contributed by atoms with Crippen LogP contribution in [0.25, 0.3) is 0 Å². The standard InChI is InChI=1S/C23H25N3O5/c1-30-20(27)23(21(28)31-2)18(15-9-5-3-6-10-15)13-17(25-26-22(24)29)14-19(23)16-11-7-4-8-12-16/h3-12,18-19H,13-14H2,1-2H3,(H3,24,26,29). The van der Waals surface area contributed by atoms with Crippen LogP contribution in [0, 0.1) is 5.41 Å². The quantitative estimate of drug-likeness (QED) is 0.435. The Labute approximate surface area is 180 Å². The fourth-order valence-corrected chi connectivity index (χ4v) is 4.47. The van der Waals surface area contributed by atoms with Gasteiger partial charge in [0, 0.05) is 17.5 Å². The molecule has 162 valence electrons. The molecule has 0 aromatic heterocycles. The summed E-state index contributed by atoms with van der Waals surface area (Å²) >= 11 is 0. The number of carbonyl (C=O) groups excluding carboxylic acids is 3. The van der Waals surface area contributed by atoms with Crippen LogP contribution >= 0.6 is 0 Å². The van der Waals surface area contributed by atoms with E-state index in [1.54, 1.807) is 0 Å². The zero-order valence-corrected chi connectivity index (χ0v) is 17.4. The van der Waals surface area contributed by atoms with Crippen LogP contribution in [0.1, 0.15) is 35.8 Å². The highest BCUT2D eigenvalue weighted by atomic mass is 16.5. The molecule has 2 atom stereocenters. The maximum absolute atomic E-state index is 13.4. The first-order valence-electron chi connectivity index (χ1n) is 9.82.